The second-order valence-electron chi connectivity index (χ2n) is 16.0. The monoisotopic (exact) mass is 809 g/mol. The van der Waals surface area contributed by atoms with Crippen LogP contribution in [0.1, 0.15) is 85.2 Å². The van der Waals surface area contributed by atoms with E-state index in [9.17, 15) is 14.7 Å². The van der Waals surface area contributed by atoms with Crippen LogP contribution in [0.2, 0.25) is 0 Å². The zero-order chi connectivity index (χ0) is 41.5. The Labute approximate surface area is 354 Å². The van der Waals surface area contributed by atoms with Gasteiger partial charge in [0.2, 0.25) is 11.8 Å². The highest BCUT2D eigenvalue weighted by molar-refractivity contribution is 5.93. The molecular formula is C50H59N5O5. The van der Waals surface area contributed by atoms with E-state index in [1.165, 1.54) is 5.56 Å². The number of unbranched alkanes of at least 4 members (excludes halogenated alkanes) is 3. The molecule has 2 aliphatic heterocycles. The minimum absolute atomic E-state index is 0.00914. The third kappa shape index (κ3) is 12.3. The number of ether oxygens (including phenoxy) is 2. The molecule has 60 heavy (non-hydrogen) atoms. The van der Waals surface area contributed by atoms with E-state index in [4.69, 9.17) is 15.2 Å². The number of amides is 2. The number of rotatable bonds is 18. The van der Waals surface area contributed by atoms with E-state index in [-0.39, 0.29) is 30.6 Å². The molecule has 2 amide bonds. The number of aliphatic hydroxyl groups excluding tert-OH is 1. The number of aliphatic hydroxyl groups is 1. The molecule has 7 rings (SSSR count). The number of nitrogens with zero attached hydrogens (tertiary/aromatic N) is 2. The Hall–Kier alpha value is -5.36. The van der Waals surface area contributed by atoms with E-state index in [1.807, 2.05) is 36.4 Å². The fourth-order valence-corrected chi connectivity index (χ4v) is 8.10. The summed E-state index contributed by atoms with van der Waals surface area (Å²) in [6.07, 6.45) is 4.24. The molecular weight excluding hydrogens is 751 g/mol. The maximum Gasteiger partial charge on any atom is 0.224 e. The molecule has 0 bridgehead atoms. The zero-order valence-electron chi connectivity index (χ0n) is 34.5. The molecule has 5 aromatic rings. The Morgan fingerprint density at radius 2 is 1.32 bits per heavy atom. The van der Waals surface area contributed by atoms with Gasteiger partial charge in [-0.25, -0.2) is 0 Å². The highest BCUT2D eigenvalue weighted by Crippen LogP contribution is 2.39. The van der Waals surface area contributed by atoms with Crippen molar-refractivity contribution in [2.24, 2.45) is 0 Å². The lowest BCUT2D eigenvalue weighted by Gasteiger charge is -2.40. The molecule has 0 spiro atoms. The molecule has 10 heteroatoms. The van der Waals surface area contributed by atoms with Crippen LogP contribution in [-0.2, 0) is 38.8 Å². The summed E-state index contributed by atoms with van der Waals surface area (Å²) in [5.74, 6) is -0.0260. The summed E-state index contributed by atoms with van der Waals surface area (Å²) in [6, 6.07) is 42.6. The maximum atomic E-state index is 12.8. The van der Waals surface area contributed by atoms with Gasteiger partial charge in [-0.1, -0.05) is 128 Å². The fraction of sp³-hybridized carbons (Fsp3) is 0.360. The van der Waals surface area contributed by atoms with Crippen molar-refractivity contribution in [2.45, 2.75) is 83.1 Å². The Morgan fingerprint density at radius 1 is 0.667 bits per heavy atom. The number of nitrogen functional groups attached to an aromatic ring is 1. The first-order chi connectivity index (χ1) is 29.4. The maximum absolute atomic E-state index is 12.8. The van der Waals surface area contributed by atoms with Crippen LogP contribution in [0, 0.1) is 0 Å². The third-order valence-electron chi connectivity index (χ3n) is 11.6. The van der Waals surface area contributed by atoms with Crippen LogP contribution in [-0.4, -0.2) is 65.5 Å². The molecule has 2 heterocycles. The van der Waals surface area contributed by atoms with E-state index < -0.39 is 6.29 Å². The van der Waals surface area contributed by atoms with Crippen LogP contribution in [0.25, 0.3) is 11.1 Å². The number of carbonyl (C=O) groups is 2. The van der Waals surface area contributed by atoms with Crippen LogP contribution in [0.15, 0.2) is 127 Å². The summed E-state index contributed by atoms with van der Waals surface area (Å²) in [7, 11) is 0. The van der Waals surface area contributed by atoms with Crippen molar-refractivity contribution < 1.29 is 24.2 Å². The average Bonchev–Trinajstić information content (AvgIpc) is 3.29. The van der Waals surface area contributed by atoms with Crippen molar-refractivity contribution in [3.05, 3.63) is 155 Å². The molecule has 5 N–H and O–H groups in total. The standard InChI is InChI=1S/C50H59N5O5/c51-45-16-10-11-17-46(45)53-49(58)19-7-2-1-6-18-48(57)52-33-42-14-8-9-15-44(42)39-24-26-41(27-25-39)50-59-43(32-47(60-50)40-22-20-38(36-56)21-23-40)35-55-30-28-54(29-31-55)34-37-12-4-3-5-13-37/h3-5,8-17,20-27,43,47,50,56H,1-2,6-7,18-19,28-36,51H2,(H,52,57)(H,53,58)/t43-,47+,50+/m0/s1. The van der Waals surface area contributed by atoms with Crippen LogP contribution < -0.4 is 16.4 Å². The quantitative estimate of drug-likeness (QED) is 0.0514. The average molecular weight is 810 g/mol. The number of nitrogens with two attached hydrogens (primary N) is 1. The van der Waals surface area contributed by atoms with Gasteiger partial charge in [-0.15, -0.1) is 0 Å². The minimum Gasteiger partial charge on any atom is -0.397 e. The first-order valence-corrected chi connectivity index (χ1v) is 21.5. The van der Waals surface area contributed by atoms with Gasteiger partial charge in [0.25, 0.3) is 0 Å². The second-order valence-corrected chi connectivity index (χ2v) is 16.0. The number of piperazine rings is 1. The SMILES string of the molecule is Nc1ccccc1NC(=O)CCCCCCC(=O)NCc1ccccc1-c1ccc([C@@H]2O[C@H](CN3CCN(Cc4ccccc4)CC3)C[C@H](c3ccc(CO)cc3)O2)cc1. The molecule has 5 aromatic carbocycles. The number of carbonyl (C=O) groups excluding carboxylic acids is 2. The summed E-state index contributed by atoms with van der Waals surface area (Å²) >= 11 is 0. The highest BCUT2D eigenvalue weighted by atomic mass is 16.7. The number of para-hydroxylation sites is 2. The van der Waals surface area contributed by atoms with Crippen LogP contribution in [0.5, 0.6) is 0 Å². The lowest BCUT2D eigenvalue weighted by atomic mass is 9.97. The van der Waals surface area contributed by atoms with Crippen molar-refractivity contribution in [3.8, 4) is 11.1 Å². The Morgan fingerprint density at radius 3 is 2.05 bits per heavy atom. The summed E-state index contributed by atoms with van der Waals surface area (Å²) < 4.78 is 13.4. The molecule has 2 fully saturated rings. The molecule has 0 aromatic heterocycles. The molecule has 2 aliphatic rings. The van der Waals surface area contributed by atoms with Gasteiger partial charge in [-0.05, 0) is 58.4 Å². The van der Waals surface area contributed by atoms with E-state index in [2.05, 4.69) is 99.3 Å². The van der Waals surface area contributed by atoms with Gasteiger partial charge in [0.1, 0.15) is 0 Å². The summed E-state index contributed by atoms with van der Waals surface area (Å²) in [5, 5.41) is 15.6. The van der Waals surface area contributed by atoms with Crippen molar-refractivity contribution >= 4 is 23.2 Å². The summed E-state index contributed by atoms with van der Waals surface area (Å²) in [4.78, 5) is 30.2. The number of benzene rings is 5. The predicted molar refractivity (Wildman–Crippen MR) is 237 cm³/mol. The molecule has 0 saturated carbocycles. The fourth-order valence-electron chi connectivity index (χ4n) is 8.10. The first-order valence-electron chi connectivity index (χ1n) is 21.5. The van der Waals surface area contributed by atoms with E-state index in [0.29, 0.717) is 30.8 Å². The molecule has 0 radical (unpaired) electrons. The molecule has 0 aliphatic carbocycles. The second kappa shape index (κ2) is 21.8. The molecule has 314 valence electrons. The van der Waals surface area contributed by atoms with E-state index in [1.54, 1.807) is 12.1 Å². The van der Waals surface area contributed by atoms with Gasteiger partial charge >= 0.3 is 0 Å². The number of anilines is 2. The smallest absolute Gasteiger partial charge is 0.224 e. The lowest BCUT2D eigenvalue weighted by molar-refractivity contribution is -0.253. The van der Waals surface area contributed by atoms with Crippen LogP contribution >= 0.6 is 0 Å². The van der Waals surface area contributed by atoms with Crippen LogP contribution in [0.3, 0.4) is 0 Å². The van der Waals surface area contributed by atoms with Gasteiger partial charge < -0.3 is 30.9 Å². The molecule has 2 saturated heterocycles. The normalized spacial score (nSPS) is 18.5. The zero-order valence-corrected chi connectivity index (χ0v) is 34.5. The van der Waals surface area contributed by atoms with Crippen molar-refractivity contribution in [3.63, 3.8) is 0 Å². The van der Waals surface area contributed by atoms with Crippen molar-refractivity contribution in [1.29, 1.82) is 0 Å². The molecule has 0 unspecified atom stereocenters. The van der Waals surface area contributed by atoms with Gasteiger partial charge in [-0.3, -0.25) is 19.4 Å². The van der Waals surface area contributed by atoms with Gasteiger partial charge in [0.05, 0.1) is 30.2 Å². The predicted octanol–water partition coefficient (Wildman–Crippen LogP) is 8.39. The largest absolute Gasteiger partial charge is 0.397 e. The minimum atomic E-state index is -0.528. The molecule has 3 atom stereocenters. The Kier molecular flexibility index (Phi) is 15.5. The number of nitrogens with one attached hydrogen (secondary N) is 2. The summed E-state index contributed by atoms with van der Waals surface area (Å²) in [6.45, 7) is 6.30. The first kappa shape index (κ1) is 42.8. The van der Waals surface area contributed by atoms with Gasteiger partial charge in [-0.2, -0.15) is 0 Å². The van der Waals surface area contributed by atoms with E-state index >= 15 is 0 Å². The number of hydrogen-bond donors (Lipinski definition) is 4. The Bertz CT molecular complexity index is 2100. The van der Waals surface area contributed by atoms with Gasteiger partial charge in [0.15, 0.2) is 6.29 Å². The number of hydrogen-bond acceptors (Lipinski definition) is 8. The summed E-state index contributed by atoms with van der Waals surface area (Å²) in [5.41, 5.74) is 14.6. The highest BCUT2D eigenvalue weighted by Gasteiger charge is 2.34. The lowest BCUT2D eigenvalue weighted by Crippen LogP contribution is -2.49. The van der Waals surface area contributed by atoms with Crippen molar-refractivity contribution in [1.82, 2.24) is 15.1 Å². The Balaban J connectivity index is 0.906. The van der Waals surface area contributed by atoms with Crippen LogP contribution in [0.4, 0.5) is 11.4 Å². The van der Waals surface area contributed by atoms with Gasteiger partial charge in [0, 0.05) is 70.6 Å². The molecule has 10 nitrogen and oxygen atoms in total. The third-order valence-corrected chi connectivity index (χ3v) is 11.6. The van der Waals surface area contributed by atoms with E-state index in [0.717, 1.165) is 105 Å². The van der Waals surface area contributed by atoms with Crippen molar-refractivity contribution in [2.75, 3.05) is 43.8 Å². The topological polar surface area (TPSA) is 129 Å².